The summed E-state index contributed by atoms with van der Waals surface area (Å²) in [5.41, 5.74) is 7.77. The maximum Gasteiger partial charge on any atom is 0.270 e. The van der Waals surface area contributed by atoms with Gasteiger partial charge in [-0.3, -0.25) is 15.6 Å². The minimum atomic E-state index is -4.18. The maximum absolute atomic E-state index is 13.6. The summed E-state index contributed by atoms with van der Waals surface area (Å²) in [5, 5.41) is 18.1. The fourth-order valence-electron chi connectivity index (χ4n) is 5.12. The first-order chi connectivity index (χ1) is 19.1. The van der Waals surface area contributed by atoms with Crippen LogP contribution in [0.25, 0.3) is 0 Å². The van der Waals surface area contributed by atoms with Gasteiger partial charge in [0.25, 0.3) is 10.0 Å². The highest BCUT2D eigenvalue weighted by Crippen LogP contribution is 2.30. The van der Waals surface area contributed by atoms with Gasteiger partial charge in [-0.2, -0.15) is 0 Å². The Bertz CT molecular complexity index is 1510. The van der Waals surface area contributed by atoms with Crippen molar-refractivity contribution in [2.75, 3.05) is 23.9 Å². The van der Waals surface area contributed by atoms with Crippen LogP contribution in [0.5, 0.6) is 5.75 Å². The number of nitrogens with zero attached hydrogens (tertiary/aromatic N) is 3. The van der Waals surface area contributed by atoms with E-state index in [-0.39, 0.29) is 22.6 Å². The molecule has 5 rings (SSSR count). The normalized spacial score (nSPS) is 15.8. The summed E-state index contributed by atoms with van der Waals surface area (Å²) in [5.74, 6) is 0.420. The van der Waals surface area contributed by atoms with Crippen LogP contribution in [0.1, 0.15) is 35.8 Å². The number of amides is 1. The van der Waals surface area contributed by atoms with E-state index in [0.717, 1.165) is 33.2 Å². The number of benzene rings is 2. The highest BCUT2D eigenvalue weighted by molar-refractivity contribution is 7.93. The molecule has 12 heteroatoms. The SMILES string of the molecule is CC(=O)N(c1ccc2c(c1)CN(C(=N)N)CC2)S(=O)(=O)c1ccc(OC2CCN(C(=N)c3cccs3)CC2)cc1. The molecule has 2 aromatic carbocycles. The number of guanidine groups is 1. The maximum atomic E-state index is 13.6. The molecule has 210 valence electrons. The smallest absolute Gasteiger partial charge is 0.270 e. The van der Waals surface area contributed by atoms with Crippen molar-refractivity contribution in [2.24, 2.45) is 5.73 Å². The largest absolute Gasteiger partial charge is 0.490 e. The van der Waals surface area contributed by atoms with E-state index in [1.54, 1.807) is 40.5 Å². The van der Waals surface area contributed by atoms with Gasteiger partial charge in [0.15, 0.2) is 5.96 Å². The fourth-order valence-corrected chi connectivity index (χ4v) is 7.24. The van der Waals surface area contributed by atoms with Crippen LogP contribution in [-0.4, -0.2) is 61.7 Å². The summed E-state index contributed by atoms with van der Waals surface area (Å²) in [7, 11) is -4.18. The Hall–Kier alpha value is -3.90. The van der Waals surface area contributed by atoms with E-state index in [0.29, 0.717) is 44.2 Å². The molecule has 1 fully saturated rings. The predicted molar refractivity (Wildman–Crippen MR) is 156 cm³/mol. The van der Waals surface area contributed by atoms with Crippen LogP contribution in [0.3, 0.4) is 0 Å². The van der Waals surface area contributed by atoms with Crippen LogP contribution in [-0.2, 0) is 27.8 Å². The lowest BCUT2D eigenvalue weighted by molar-refractivity contribution is -0.115. The van der Waals surface area contributed by atoms with E-state index >= 15 is 0 Å². The second kappa shape index (κ2) is 11.3. The number of carbonyl (C=O) groups excluding carboxylic acids is 1. The summed E-state index contributed by atoms with van der Waals surface area (Å²) in [4.78, 5) is 17.3. The van der Waals surface area contributed by atoms with Crippen molar-refractivity contribution >= 4 is 44.7 Å². The third-order valence-corrected chi connectivity index (χ3v) is 9.93. The van der Waals surface area contributed by atoms with E-state index in [2.05, 4.69) is 4.90 Å². The Morgan fingerprint density at radius 1 is 1.02 bits per heavy atom. The Morgan fingerprint density at radius 2 is 1.75 bits per heavy atom. The van der Waals surface area contributed by atoms with Crippen LogP contribution in [0.15, 0.2) is 64.9 Å². The molecule has 0 radical (unpaired) electrons. The van der Waals surface area contributed by atoms with Gasteiger partial charge in [0.05, 0.1) is 15.5 Å². The minimum absolute atomic E-state index is 0.0163. The molecule has 0 atom stereocenters. The monoisotopic (exact) mass is 580 g/mol. The zero-order valence-electron chi connectivity index (χ0n) is 22.2. The number of piperidine rings is 1. The van der Waals surface area contributed by atoms with Gasteiger partial charge >= 0.3 is 0 Å². The van der Waals surface area contributed by atoms with Crippen molar-refractivity contribution in [1.29, 1.82) is 10.8 Å². The van der Waals surface area contributed by atoms with E-state index in [4.69, 9.17) is 21.3 Å². The van der Waals surface area contributed by atoms with Gasteiger partial charge in [-0.15, -0.1) is 11.3 Å². The lowest BCUT2D eigenvalue weighted by Gasteiger charge is -2.33. The Morgan fingerprint density at radius 3 is 2.38 bits per heavy atom. The molecule has 3 aromatic rings. The number of likely N-dealkylation sites (tertiary alicyclic amines) is 1. The number of ether oxygens (including phenoxy) is 1. The average molecular weight is 581 g/mol. The molecule has 10 nitrogen and oxygen atoms in total. The number of sulfonamides is 1. The summed E-state index contributed by atoms with van der Waals surface area (Å²) in [6.07, 6.45) is 2.16. The van der Waals surface area contributed by atoms with Crippen LogP contribution >= 0.6 is 11.3 Å². The molecule has 1 saturated heterocycles. The minimum Gasteiger partial charge on any atom is -0.490 e. The van der Waals surface area contributed by atoms with Crippen molar-refractivity contribution in [1.82, 2.24) is 9.80 Å². The van der Waals surface area contributed by atoms with Crippen molar-refractivity contribution < 1.29 is 17.9 Å². The Balaban J connectivity index is 1.27. The Kier molecular flexibility index (Phi) is 7.81. The van der Waals surface area contributed by atoms with E-state index in [1.807, 2.05) is 23.6 Å². The third kappa shape index (κ3) is 5.68. The molecule has 0 saturated carbocycles. The first-order valence-corrected chi connectivity index (χ1v) is 15.4. The molecule has 2 aliphatic heterocycles. The molecule has 0 spiro atoms. The fraction of sp³-hybridized carbons (Fsp3) is 0.321. The number of nitrogens with one attached hydrogen (secondary N) is 2. The molecule has 2 aliphatic rings. The molecule has 4 N–H and O–H groups in total. The van der Waals surface area contributed by atoms with Gasteiger partial charge in [0, 0.05) is 45.9 Å². The number of hydrogen-bond donors (Lipinski definition) is 3. The zero-order chi connectivity index (χ0) is 28.4. The molecule has 0 bridgehead atoms. The molecule has 1 aromatic heterocycles. The topological polar surface area (TPSA) is 144 Å². The first kappa shape index (κ1) is 27.7. The molecule has 3 heterocycles. The molecule has 1 amide bonds. The average Bonchev–Trinajstić information content (AvgIpc) is 3.48. The quantitative estimate of drug-likeness (QED) is 0.298. The number of thiophene rings is 1. The molecular weight excluding hydrogens is 548 g/mol. The standard InChI is InChI=1S/C28H32N6O4S2/c1-19(35)34(22-5-4-20-10-13-33(28(30)31)18-21(20)17-22)40(36,37)25-8-6-23(7-9-25)38-24-11-14-32(15-12-24)27(29)26-3-2-16-39-26/h2-9,16-17,24,29H,10-15,18H2,1H3,(H3,30,31). The van der Waals surface area contributed by atoms with E-state index in [1.165, 1.54) is 19.1 Å². The highest BCUT2D eigenvalue weighted by Gasteiger charge is 2.30. The van der Waals surface area contributed by atoms with Crippen molar-refractivity contribution in [3.05, 3.63) is 76.0 Å². The van der Waals surface area contributed by atoms with Crippen molar-refractivity contribution in [3.8, 4) is 5.75 Å². The number of nitrogens with two attached hydrogens (primary N) is 1. The molecule has 0 unspecified atom stereocenters. The summed E-state index contributed by atoms with van der Waals surface area (Å²) in [6.45, 7) is 3.65. The second-order valence-electron chi connectivity index (χ2n) is 9.90. The number of amidine groups is 1. The van der Waals surface area contributed by atoms with Crippen LogP contribution in [0.2, 0.25) is 0 Å². The second-order valence-corrected chi connectivity index (χ2v) is 12.6. The number of hydrogen-bond acceptors (Lipinski definition) is 7. The highest BCUT2D eigenvalue weighted by atomic mass is 32.2. The lowest BCUT2D eigenvalue weighted by atomic mass is 9.99. The number of anilines is 1. The van der Waals surface area contributed by atoms with Gasteiger partial charge in [0.1, 0.15) is 17.7 Å². The van der Waals surface area contributed by atoms with E-state index in [9.17, 15) is 13.2 Å². The van der Waals surface area contributed by atoms with Gasteiger partial charge < -0.3 is 20.3 Å². The van der Waals surface area contributed by atoms with Gasteiger partial charge in [-0.05, 0) is 65.4 Å². The summed E-state index contributed by atoms with van der Waals surface area (Å²) < 4.78 is 34.1. The predicted octanol–water partition coefficient (Wildman–Crippen LogP) is 3.61. The third-order valence-electron chi connectivity index (χ3n) is 7.24. The summed E-state index contributed by atoms with van der Waals surface area (Å²) >= 11 is 1.56. The van der Waals surface area contributed by atoms with Crippen LogP contribution in [0.4, 0.5) is 5.69 Å². The van der Waals surface area contributed by atoms with E-state index < -0.39 is 15.9 Å². The molecule has 0 aliphatic carbocycles. The number of rotatable bonds is 6. The molecule has 40 heavy (non-hydrogen) atoms. The number of carbonyl (C=O) groups is 1. The van der Waals surface area contributed by atoms with Gasteiger partial charge in [0.2, 0.25) is 5.91 Å². The van der Waals surface area contributed by atoms with Gasteiger partial charge in [-0.1, -0.05) is 12.1 Å². The summed E-state index contributed by atoms with van der Waals surface area (Å²) in [6, 6.07) is 15.2. The first-order valence-electron chi connectivity index (χ1n) is 13.0. The Labute approximate surface area is 238 Å². The number of fused-ring (bicyclic) bond motifs is 1. The zero-order valence-corrected chi connectivity index (χ0v) is 23.8. The van der Waals surface area contributed by atoms with Gasteiger partial charge in [-0.25, -0.2) is 12.7 Å². The lowest BCUT2D eigenvalue weighted by Crippen LogP contribution is -2.41. The van der Waals surface area contributed by atoms with Crippen molar-refractivity contribution in [3.63, 3.8) is 0 Å². The van der Waals surface area contributed by atoms with Crippen LogP contribution in [0, 0.1) is 10.8 Å². The van der Waals surface area contributed by atoms with Crippen LogP contribution < -0.4 is 14.8 Å². The molecular formula is C28H32N6O4S2. The van der Waals surface area contributed by atoms with Crippen molar-refractivity contribution in [2.45, 2.75) is 43.7 Å².